The maximum Gasteiger partial charge on any atom is 0.0595 e. The molecule has 1 aromatic rings. The topological polar surface area (TPSA) is 0 Å². The molecule has 0 spiro atoms. The summed E-state index contributed by atoms with van der Waals surface area (Å²) in [6.45, 7) is 2.36. The van der Waals surface area contributed by atoms with E-state index in [-0.39, 0.29) is 0 Å². The van der Waals surface area contributed by atoms with Gasteiger partial charge in [-0.2, -0.15) is 0 Å². The second kappa shape index (κ2) is 4.88. The lowest BCUT2D eigenvalue weighted by Gasteiger charge is -2.23. The maximum atomic E-state index is 6.03. The van der Waals surface area contributed by atoms with Gasteiger partial charge < -0.3 is 0 Å². The van der Waals surface area contributed by atoms with Crippen molar-refractivity contribution in [3.63, 3.8) is 0 Å². The molecule has 1 saturated carbocycles. The average Bonchev–Trinajstić information content (AvgIpc) is 2.52. The van der Waals surface area contributed by atoms with Crippen LogP contribution in [0.15, 0.2) is 18.2 Å². The van der Waals surface area contributed by atoms with Crippen molar-refractivity contribution in [3.05, 3.63) is 33.8 Å². The van der Waals surface area contributed by atoms with Crippen LogP contribution in [0.1, 0.15) is 31.7 Å². The van der Waals surface area contributed by atoms with E-state index in [0.717, 1.165) is 6.42 Å². The normalized spacial score (nSPS) is 29.6. The lowest BCUT2D eigenvalue weighted by atomic mass is 9.82. The summed E-state index contributed by atoms with van der Waals surface area (Å²) < 4.78 is 0. The second-order valence-electron chi connectivity index (χ2n) is 5.08. The SMILES string of the molecule is CC1(Cc2ccc(Cl)c(Cl)c2)CCC(Br)C1. The van der Waals surface area contributed by atoms with Crippen molar-refractivity contribution >= 4 is 39.1 Å². The van der Waals surface area contributed by atoms with Gasteiger partial charge in [0.15, 0.2) is 0 Å². The first-order valence-corrected chi connectivity index (χ1v) is 7.24. The molecule has 1 aromatic carbocycles. The molecule has 0 saturated heterocycles. The highest BCUT2D eigenvalue weighted by Crippen LogP contribution is 2.43. The molecule has 2 rings (SSSR count). The van der Waals surface area contributed by atoms with Crippen molar-refractivity contribution < 1.29 is 0 Å². The van der Waals surface area contributed by atoms with Gasteiger partial charge in [0.1, 0.15) is 0 Å². The zero-order valence-electron chi connectivity index (χ0n) is 9.27. The predicted molar refractivity (Wildman–Crippen MR) is 74.8 cm³/mol. The van der Waals surface area contributed by atoms with Crippen LogP contribution >= 0.6 is 39.1 Å². The van der Waals surface area contributed by atoms with E-state index in [0.29, 0.717) is 20.3 Å². The molecule has 0 N–H and O–H groups in total. The van der Waals surface area contributed by atoms with Crippen LogP contribution in [0.2, 0.25) is 10.0 Å². The molecule has 0 aromatic heterocycles. The number of hydrogen-bond donors (Lipinski definition) is 0. The number of alkyl halides is 1. The zero-order valence-corrected chi connectivity index (χ0v) is 12.4. The Morgan fingerprint density at radius 2 is 2.12 bits per heavy atom. The molecule has 16 heavy (non-hydrogen) atoms. The molecule has 0 bridgehead atoms. The summed E-state index contributed by atoms with van der Waals surface area (Å²) in [6.07, 6.45) is 4.89. The fraction of sp³-hybridized carbons (Fsp3) is 0.538. The van der Waals surface area contributed by atoms with Gasteiger partial charge in [0.2, 0.25) is 0 Å². The second-order valence-corrected chi connectivity index (χ2v) is 7.19. The van der Waals surface area contributed by atoms with E-state index in [4.69, 9.17) is 23.2 Å². The fourth-order valence-corrected chi connectivity index (χ4v) is 3.88. The Labute approximate surface area is 115 Å². The van der Waals surface area contributed by atoms with E-state index >= 15 is 0 Å². The largest absolute Gasteiger partial charge is 0.0890 e. The Bertz CT molecular complexity index is 392. The first kappa shape index (κ1) is 12.7. The monoisotopic (exact) mass is 320 g/mol. The molecular formula is C13H15BrCl2. The van der Waals surface area contributed by atoms with Crippen molar-refractivity contribution in [2.75, 3.05) is 0 Å². The van der Waals surface area contributed by atoms with Gasteiger partial charge in [-0.15, -0.1) is 0 Å². The van der Waals surface area contributed by atoms with Crippen LogP contribution in [0.25, 0.3) is 0 Å². The van der Waals surface area contributed by atoms with Gasteiger partial charge in [0.25, 0.3) is 0 Å². The van der Waals surface area contributed by atoms with Crippen LogP contribution in [-0.2, 0) is 6.42 Å². The highest BCUT2D eigenvalue weighted by molar-refractivity contribution is 9.09. The Balaban J connectivity index is 2.12. The van der Waals surface area contributed by atoms with Crippen LogP contribution in [0.5, 0.6) is 0 Å². The van der Waals surface area contributed by atoms with Crippen molar-refractivity contribution in [2.45, 2.75) is 37.4 Å². The van der Waals surface area contributed by atoms with E-state index in [2.05, 4.69) is 28.9 Å². The predicted octanol–water partition coefficient (Wildman–Crippen LogP) is 5.49. The van der Waals surface area contributed by atoms with E-state index in [1.54, 1.807) is 0 Å². The standard InChI is InChI=1S/C13H15BrCl2/c1-13(5-4-10(14)8-13)7-9-2-3-11(15)12(16)6-9/h2-3,6,10H,4-5,7-8H2,1H3. The molecular weight excluding hydrogens is 307 g/mol. The summed E-state index contributed by atoms with van der Waals surface area (Å²) in [5.41, 5.74) is 1.70. The first-order chi connectivity index (χ1) is 7.48. The minimum Gasteiger partial charge on any atom is -0.0890 e. The smallest absolute Gasteiger partial charge is 0.0595 e. The van der Waals surface area contributed by atoms with Crippen LogP contribution in [0.3, 0.4) is 0 Å². The van der Waals surface area contributed by atoms with Gasteiger partial charge in [0, 0.05) is 4.83 Å². The van der Waals surface area contributed by atoms with Gasteiger partial charge >= 0.3 is 0 Å². The number of rotatable bonds is 2. The molecule has 1 aliphatic rings. The van der Waals surface area contributed by atoms with Crippen LogP contribution in [-0.4, -0.2) is 4.83 Å². The third kappa shape index (κ3) is 2.94. The minimum absolute atomic E-state index is 0.408. The molecule has 3 heteroatoms. The fourth-order valence-electron chi connectivity index (χ4n) is 2.55. The Hall–Kier alpha value is 0.280. The Morgan fingerprint density at radius 1 is 1.38 bits per heavy atom. The third-order valence-electron chi connectivity index (χ3n) is 3.39. The molecule has 0 nitrogen and oxygen atoms in total. The van der Waals surface area contributed by atoms with E-state index in [1.807, 2.05) is 12.1 Å². The number of halogens is 3. The Kier molecular flexibility index (Phi) is 3.88. The third-order valence-corrected chi connectivity index (χ3v) is 4.91. The molecule has 0 heterocycles. The highest BCUT2D eigenvalue weighted by atomic mass is 79.9. The van der Waals surface area contributed by atoms with Crippen molar-refractivity contribution in [3.8, 4) is 0 Å². The van der Waals surface area contributed by atoms with Crippen LogP contribution in [0, 0.1) is 5.41 Å². The summed E-state index contributed by atoms with van der Waals surface area (Å²) in [4.78, 5) is 0.681. The van der Waals surface area contributed by atoms with Gasteiger partial charge in [-0.1, -0.05) is 52.1 Å². The van der Waals surface area contributed by atoms with Gasteiger partial charge in [-0.3, -0.25) is 0 Å². The van der Waals surface area contributed by atoms with Gasteiger partial charge in [-0.25, -0.2) is 0 Å². The molecule has 1 fully saturated rings. The minimum atomic E-state index is 0.408. The van der Waals surface area contributed by atoms with Crippen LogP contribution < -0.4 is 0 Å². The molecule has 0 aliphatic heterocycles. The number of benzene rings is 1. The lowest BCUT2D eigenvalue weighted by molar-refractivity contribution is 0.336. The summed E-state index contributed by atoms with van der Waals surface area (Å²) in [5, 5.41) is 1.30. The van der Waals surface area contributed by atoms with Crippen molar-refractivity contribution in [1.82, 2.24) is 0 Å². The first-order valence-electron chi connectivity index (χ1n) is 5.56. The van der Waals surface area contributed by atoms with E-state index in [1.165, 1.54) is 24.8 Å². The van der Waals surface area contributed by atoms with E-state index in [9.17, 15) is 0 Å². The van der Waals surface area contributed by atoms with Crippen molar-refractivity contribution in [1.29, 1.82) is 0 Å². The zero-order chi connectivity index (χ0) is 11.8. The molecule has 88 valence electrons. The summed E-state index contributed by atoms with van der Waals surface area (Å²) >= 11 is 15.7. The highest BCUT2D eigenvalue weighted by Gasteiger charge is 2.33. The Morgan fingerprint density at radius 3 is 2.69 bits per heavy atom. The van der Waals surface area contributed by atoms with Crippen LogP contribution in [0.4, 0.5) is 0 Å². The van der Waals surface area contributed by atoms with Gasteiger partial charge in [-0.05, 0) is 48.8 Å². The molecule has 1 aliphatic carbocycles. The number of hydrogen-bond acceptors (Lipinski definition) is 0. The average molecular weight is 322 g/mol. The van der Waals surface area contributed by atoms with E-state index < -0.39 is 0 Å². The lowest BCUT2D eigenvalue weighted by Crippen LogP contribution is -2.15. The summed E-state index contributed by atoms with van der Waals surface area (Å²) in [7, 11) is 0. The maximum absolute atomic E-state index is 6.03. The molecule has 0 radical (unpaired) electrons. The van der Waals surface area contributed by atoms with Gasteiger partial charge in [0.05, 0.1) is 10.0 Å². The van der Waals surface area contributed by atoms with Crippen molar-refractivity contribution in [2.24, 2.45) is 5.41 Å². The molecule has 2 unspecified atom stereocenters. The quantitative estimate of drug-likeness (QED) is 0.632. The summed E-state index contributed by atoms with van der Waals surface area (Å²) in [5.74, 6) is 0. The summed E-state index contributed by atoms with van der Waals surface area (Å²) in [6, 6.07) is 5.97. The molecule has 0 amide bonds. The molecule has 2 atom stereocenters.